The van der Waals surface area contributed by atoms with E-state index in [1.165, 1.54) is 19.3 Å². The number of fused-ring (bicyclic) bond motifs is 1. The highest BCUT2D eigenvalue weighted by molar-refractivity contribution is 6.28. The van der Waals surface area contributed by atoms with Crippen LogP contribution in [0, 0.1) is 0 Å². The number of halogens is 1. The van der Waals surface area contributed by atoms with Crippen molar-refractivity contribution in [1.29, 1.82) is 0 Å². The molecule has 1 fully saturated rings. The van der Waals surface area contributed by atoms with Crippen molar-refractivity contribution in [3.05, 3.63) is 11.5 Å². The van der Waals surface area contributed by atoms with E-state index in [1.54, 1.807) is 6.20 Å². The average molecular weight is 238 g/mol. The van der Waals surface area contributed by atoms with Gasteiger partial charge in [0.05, 0.1) is 11.6 Å². The van der Waals surface area contributed by atoms with Gasteiger partial charge in [-0.15, -0.1) is 0 Å². The van der Waals surface area contributed by atoms with E-state index in [4.69, 9.17) is 11.6 Å². The molecule has 0 aliphatic carbocycles. The molecule has 0 unspecified atom stereocenters. The fourth-order valence-corrected chi connectivity index (χ4v) is 2.30. The van der Waals surface area contributed by atoms with Gasteiger partial charge < -0.3 is 4.90 Å². The molecular weight excluding hydrogens is 226 g/mol. The summed E-state index contributed by atoms with van der Waals surface area (Å²) >= 11 is 5.90. The molecule has 0 aromatic carbocycles. The number of hydrogen-bond acceptors (Lipinski definition) is 4. The predicted octanol–water partition coefficient (Wildman–Crippen LogP) is 2.00. The highest BCUT2D eigenvalue weighted by Crippen LogP contribution is 2.26. The van der Waals surface area contributed by atoms with Crippen molar-refractivity contribution < 1.29 is 0 Å². The summed E-state index contributed by atoms with van der Waals surface area (Å²) in [6, 6.07) is 0. The Morgan fingerprint density at radius 1 is 1.19 bits per heavy atom. The molecule has 1 saturated heterocycles. The third kappa shape index (κ3) is 1.61. The molecule has 0 atom stereocenters. The summed E-state index contributed by atoms with van der Waals surface area (Å²) in [7, 11) is 0. The molecule has 2 aromatic rings. The second-order valence-electron chi connectivity index (χ2n) is 4.00. The Labute approximate surface area is 97.8 Å². The van der Waals surface area contributed by atoms with Crippen LogP contribution >= 0.6 is 11.6 Å². The summed E-state index contributed by atoms with van der Waals surface area (Å²) in [6.07, 6.45) is 5.47. The largest absolute Gasteiger partial charge is 0.356 e. The monoisotopic (exact) mass is 237 g/mol. The summed E-state index contributed by atoms with van der Waals surface area (Å²) in [5, 5.41) is 8.04. The molecule has 3 rings (SSSR count). The zero-order valence-electron chi connectivity index (χ0n) is 8.78. The van der Waals surface area contributed by atoms with E-state index in [1.807, 2.05) is 0 Å². The minimum absolute atomic E-state index is 0.275. The maximum Gasteiger partial charge on any atom is 0.226 e. The van der Waals surface area contributed by atoms with Crippen LogP contribution in [-0.4, -0.2) is 33.3 Å². The minimum atomic E-state index is 0.275. The molecule has 1 aliphatic heterocycles. The van der Waals surface area contributed by atoms with E-state index < -0.39 is 0 Å². The van der Waals surface area contributed by atoms with E-state index in [0.29, 0.717) is 5.65 Å². The predicted molar refractivity (Wildman–Crippen MR) is 62.8 cm³/mol. The van der Waals surface area contributed by atoms with Gasteiger partial charge in [0.25, 0.3) is 0 Å². The van der Waals surface area contributed by atoms with Gasteiger partial charge in [0.1, 0.15) is 5.82 Å². The standard InChI is InChI=1S/C10H12ClN5/c11-10-13-8-7(6-12-15-8)9(14-10)16-4-2-1-3-5-16/h6H,1-5H2,(H,12,13,14,15). The summed E-state index contributed by atoms with van der Waals surface area (Å²) < 4.78 is 0. The van der Waals surface area contributed by atoms with Gasteiger partial charge >= 0.3 is 0 Å². The first-order valence-corrected chi connectivity index (χ1v) is 5.84. The lowest BCUT2D eigenvalue weighted by atomic mass is 10.1. The number of nitrogens with zero attached hydrogens (tertiary/aromatic N) is 4. The summed E-state index contributed by atoms with van der Waals surface area (Å²) in [5.74, 6) is 0.906. The lowest BCUT2D eigenvalue weighted by Gasteiger charge is -2.27. The average Bonchev–Trinajstić information content (AvgIpc) is 2.77. The number of anilines is 1. The first-order valence-electron chi connectivity index (χ1n) is 5.46. The maximum absolute atomic E-state index is 5.90. The van der Waals surface area contributed by atoms with Crippen molar-refractivity contribution in [1.82, 2.24) is 20.2 Å². The fraction of sp³-hybridized carbons (Fsp3) is 0.500. The van der Waals surface area contributed by atoms with E-state index >= 15 is 0 Å². The van der Waals surface area contributed by atoms with Gasteiger partial charge in [-0.25, -0.2) is 0 Å². The van der Waals surface area contributed by atoms with Crippen molar-refractivity contribution in [2.24, 2.45) is 0 Å². The highest BCUT2D eigenvalue weighted by Gasteiger charge is 2.17. The van der Waals surface area contributed by atoms with Gasteiger partial charge in [-0.05, 0) is 30.9 Å². The molecule has 0 radical (unpaired) electrons. The summed E-state index contributed by atoms with van der Waals surface area (Å²) in [4.78, 5) is 10.7. The zero-order chi connectivity index (χ0) is 11.0. The van der Waals surface area contributed by atoms with Crippen LogP contribution in [0.3, 0.4) is 0 Å². The Balaban J connectivity index is 2.09. The highest BCUT2D eigenvalue weighted by atomic mass is 35.5. The molecular formula is C10H12ClN5. The van der Waals surface area contributed by atoms with Gasteiger partial charge in [0.2, 0.25) is 5.28 Å². The topological polar surface area (TPSA) is 57.7 Å². The Bertz CT molecular complexity index is 503. The van der Waals surface area contributed by atoms with Gasteiger partial charge in [0.15, 0.2) is 5.65 Å². The van der Waals surface area contributed by atoms with Crippen molar-refractivity contribution in [3.63, 3.8) is 0 Å². The van der Waals surface area contributed by atoms with Crippen LogP contribution in [0.2, 0.25) is 5.28 Å². The van der Waals surface area contributed by atoms with Gasteiger partial charge in [-0.1, -0.05) is 0 Å². The first kappa shape index (κ1) is 9.84. The second kappa shape index (κ2) is 3.90. The number of rotatable bonds is 1. The fourth-order valence-electron chi connectivity index (χ4n) is 2.14. The van der Waals surface area contributed by atoms with Gasteiger partial charge in [0, 0.05) is 13.1 Å². The molecule has 84 valence electrons. The molecule has 1 N–H and O–H groups in total. The summed E-state index contributed by atoms with van der Waals surface area (Å²) in [5.41, 5.74) is 0.709. The van der Waals surface area contributed by atoms with Crippen LogP contribution in [-0.2, 0) is 0 Å². The maximum atomic E-state index is 5.90. The van der Waals surface area contributed by atoms with E-state index in [0.717, 1.165) is 24.3 Å². The lowest BCUT2D eigenvalue weighted by Crippen LogP contribution is -2.30. The number of aromatic amines is 1. The third-order valence-electron chi connectivity index (χ3n) is 2.92. The SMILES string of the molecule is Clc1nc(N2CCCCC2)c2cn[nH]c2n1. The molecule has 2 aromatic heterocycles. The van der Waals surface area contributed by atoms with Crippen molar-refractivity contribution in [2.45, 2.75) is 19.3 Å². The molecule has 0 bridgehead atoms. The van der Waals surface area contributed by atoms with Crippen LogP contribution < -0.4 is 4.90 Å². The van der Waals surface area contributed by atoms with Crippen molar-refractivity contribution >= 4 is 28.5 Å². The molecule has 0 amide bonds. The van der Waals surface area contributed by atoms with Gasteiger partial charge in [-0.2, -0.15) is 15.1 Å². The normalized spacial score (nSPS) is 16.9. The van der Waals surface area contributed by atoms with Gasteiger partial charge in [-0.3, -0.25) is 5.10 Å². The molecule has 6 heteroatoms. The molecule has 0 saturated carbocycles. The van der Waals surface area contributed by atoms with Crippen LogP contribution in [0.4, 0.5) is 5.82 Å². The molecule has 16 heavy (non-hydrogen) atoms. The number of hydrogen-bond donors (Lipinski definition) is 1. The zero-order valence-corrected chi connectivity index (χ0v) is 9.54. The Hall–Kier alpha value is -1.36. The van der Waals surface area contributed by atoms with E-state index in [-0.39, 0.29) is 5.28 Å². The quantitative estimate of drug-likeness (QED) is 0.771. The number of H-pyrrole nitrogens is 1. The molecule has 0 spiro atoms. The smallest absolute Gasteiger partial charge is 0.226 e. The Kier molecular flexibility index (Phi) is 2.40. The van der Waals surface area contributed by atoms with Crippen molar-refractivity contribution in [2.75, 3.05) is 18.0 Å². The van der Waals surface area contributed by atoms with Crippen LogP contribution in [0.25, 0.3) is 11.0 Å². The Morgan fingerprint density at radius 2 is 2.00 bits per heavy atom. The second-order valence-corrected chi connectivity index (χ2v) is 4.33. The van der Waals surface area contributed by atoms with E-state index in [2.05, 4.69) is 25.1 Å². The molecule has 3 heterocycles. The van der Waals surface area contributed by atoms with Crippen LogP contribution in [0.1, 0.15) is 19.3 Å². The third-order valence-corrected chi connectivity index (χ3v) is 3.09. The Morgan fingerprint density at radius 3 is 2.81 bits per heavy atom. The number of nitrogens with one attached hydrogen (secondary N) is 1. The van der Waals surface area contributed by atoms with E-state index in [9.17, 15) is 0 Å². The lowest BCUT2D eigenvalue weighted by molar-refractivity contribution is 0.574. The minimum Gasteiger partial charge on any atom is -0.356 e. The molecule has 1 aliphatic rings. The van der Waals surface area contributed by atoms with Crippen LogP contribution in [0.15, 0.2) is 6.20 Å². The summed E-state index contributed by atoms with van der Waals surface area (Å²) in [6.45, 7) is 2.07. The molecule has 5 nitrogen and oxygen atoms in total. The number of aromatic nitrogens is 4. The van der Waals surface area contributed by atoms with Crippen LogP contribution in [0.5, 0.6) is 0 Å². The van der Waals surface area contributed by atoms with Crippen molar-refractivity contribution in [3.8, 4) is 0 Å². The first-order chi connectivity index (χ1) is 7.84. The number of piperidine rings is 1.